The van der Waals surface area contributed by atoms with Crippen LogP contribution in [-0.2, 0) is 23.3 Å². The smallest absolute Gasteiger partial charge is 0.416 e. The molecule has 2 aromatic rings. The molecule has 1 aliphatic rings. The molecule has 2 N–H and O–H groups in total. The number of hydrogen-bond acceptors (Lipinski definition) is 3. The highest BCUT2D eigenvalue weighted by molar-refractivity contribution is 5.90. The van der Waals surface area contributed by atoms with Gasteiger partial charge < -0.3 is 10.5 Å². The van der Waals surface area contributed by atoms with Gasteiger partial charge in [0.25, 0.3) is 0 Å². The number of carbonyl (C=O) groups is 1. The molecule has 0 radical (unpaired) electrons. The molecule has 0 aliphatic carbocycles. The molecular formula is C24H23F9N2O2. The third kappa shape index (κ3) is 6.13. The van der Waals surface area contributed by atoms with Crippen LogP contribution in [-0.4, -0.2) is 18.7 Å². The van der Waals surface area contributed by atoms with Gasteiger partial charge in [0.05, 0.1) is 29.0 Å². The lowest BCUT2D eigenvalue weighted by Crippen LogP contribution is -2.45. The fourth-order valence-corrected chi connectivity index (χ4v) is 4.37. The van der Waals surface area contributed by atoms with Gasteiger partial charge in [0, 0.05) is 18.0 Å². The lowest BCUT2D eigenvalue weighted by molar-refractivity contribution is -0.143. The van der Waals surface area contributed by atoms with E-state index in [4.69, 9.17) is 10.5 Å². The number of amides is 1. The molecule has 0 spiro atoms. The fourth-order valence-electron chi connectivity index (χ4n) is 4.37. The molecule has 37 heavy (non-hydrogen) atoms. The highest BCUT2D eigenvalue weighted by Gasteiger charge is 2.42. The normalized spacial score (nSPS) is 19.4. The Bertz CT molecular complexity index is 1110. The summed E-state index contributed by atoms with van der Waals surface area (Å²) >= 11 is 0. The highest BCUT2D eigenvalue weighted by Crippen LogP contribution is 2.47. The van der Waals surface area contributed by atoms with Crippen molar-refractivity contribution in [3.8, 4) is 0 Å². The van der Waals surface area contributed by atoms with Crippen LogP contribution in [0.4, 0.5) is 50.0 Å². The van der Waals surface area contributed by atoms with E-state index in [1.54, 1.807) is 6.92 Å². The Morgan fingerprint density at radius 2 is 1.49 bits per heavy atom. The van der Waals surface area contributed by atoms with Crippen LogP contribution in [0.5, 0.6) is 0 Å². The van der Waals surface area contributed by atoms with Crippen LogP contribution in [0.25, 0.3) is 0 Å². The number of benzene rings is 2. The van der Waals surface area contributed by atoms with Gasteiger partial charge in [-0.1, -0.05) is 6.92 Å². The first-order valence-corrected chi connectivity index (χ1v) is 11.2. The van der Waals surface area contributed by atoms with Crippen LogP contribution in [0.15, 0.2) is 36.4 Å². The Morgan fingerprint density at radius 3 is 1.97 bits per heavy atom. The summed E-state index contributed by atoms with van der Waals surface area (Å²) in [5.41, 5.74) is 1.18. The molecule has 1 heterocycles. The summed E-state index contributed by atoms with van der Waals surface area (Å²) in [6.07, 6.45) is -15.6. The predicted octanol–water partition coefficient (Wildman–Crippen LogP) is 7.67. The first kappa shape index (κ1) is 28.6. The van der Waals surface area contributed by atoms with Gasteiger partial charge in [0.2, 0.25) is 0 Å². The largest absolute Gasteiger partial charge is 0.449 e. The van der Waals surface area contributed by atoms with Gasteiger partial charge >= 0.3 is 24.6 Å². The van der Waals surface area contributed by atoms with E-state index < -0.39 is 64.9 Å². The van der Waals surface area contributed by atoms with Crippen molar-refractivity contribution in [1.29, 1.82) is 0 Å². The van der Waals surface area contributed by atoms with E-state index in [0.717, 1.165) is 17.0 Å². The van der Waals surface area contributed by atoms with E-state index in [-0.39, 0.29) is 30.3 Å². The SMILES string of the molecule is CCCOC(=O)N1c2ccc(C(F)(F)F)cc2[C@H]([C@H](N)c2cc(C(F)(F)F)cc(C(F)(F)F)c2)C[C@H]1C. The number of halogens is 9. The van der Waals surface area contributed by atoms with E-state index in [1.807, 2.05) is 0 Å². The van der Waals surface area contributed by atoms with Crippen molar-refractivity contribution in [2.24, 2.45) is 5.73 Å². The van der Waals surface area contributed by atoms with Crippen molar-refractivity contribution in [3.63, 3.8) is 0 Å². The van der Waals surface area contributed by atoms with E-state index in [1.165, 1.54) is 6.92 Å². The number of alkyl halides is 9. The molecule has 4 nitrogen and oxygen atoms in total. The summed E-state index contributed by atoms with van der Waals surface area (Å²) in [4.78, 5) is 13.8. The number of carbonyl (C=O) groups excluding carboxylic acids is 1. The zero-order chi connectivity index (χ0) is 27.9. The molecule has 204 valence electrons. The number of hydrogen-bond donors (Lipinski definition) is 1. The Morgan fingerprint density at radius 1 is 0.946 bits per heavy atom. The Labute approximate surface area is 206 Å². The topological polar surface area (TPSA) is 55.6 Å². The number of nitrogens with two attached hydrogens (primary N) is 1. The average Bonchev–Trinajstić information content (AvgIpc) is 2.79. The summed E-state index contributed by atoms with van der Waals surface area (Å²) in [6, 6.07) is 1.03. The summed E-state index contributed by atoms with van der Waals surface area (Å²) in [6.45, 7) is 3.29. The van der Waals surface area contributed by atoms with Crippen LogP contribution < -0.4 is 10.6 Å². The molecule has 0 bridgehead atoms. The molecule has 0 unspecified atom stereocenters. The monoisotopic (exact) mass is 542 g/mol. The molecule has 0 saturated heterocycles. The van der Waals surface area contributed by atoms with Crippen LogP contribution in [0.3, 0.4) is 0 Å². The maximum absolute atomic E-state index is 13.5. The van der Waals surface area contributed by atoms with E-state index in [0.29, 0.717) is 24.6 Å². The predicted molar refractivity (Wildman–Crippen MR) is 116 cm³/mol. The third-order valence-corrected chi connectivity index (χ3v) is 6.10. The van der Waals surface area contributed by atoms with Crippen molar-refractivity contribution in [3.05, 3.63) is 64.2 Å². The lowest BCUT2D eigenvalue weighted by atomic mass is 9.78. The van der Waals surface area contributed by atoms with Crippen LogP contribution >= 0.6 is 0 Å². The minimum atomic E-state index is -5.13. The second-order valence-electron chi connectivity index (χ2n) is 8.81. The van der Waals surface area contributed by atoms with E-state index >= 15 is 0 Å². The van der Waals surface area contributed by atoms with Gasteiger partial charge in [-0.25, -0.2) is 4.79 Å². The molecule has 3 atom stereocenters. The molecule has 1 amide bonds. The third-order valence-electron chi connectivity index (χ3n) is 6.10. The van der Waals surface area contributed by atoms with Crippen molar-refractivity contribution >= 4 is 11.8 Å². The van der Waals surface area contributed by atoms with Crippen molar-refractivity contribution in [1.82, 2.24) is 0 Å². The van der Waals surface area contributed by atoms with Crippen LogP contribution in [0.1, 0.15) is 66.5 Å². The summed E-state index contributed by atoms with van der Waals surface area (Å²) < 4.78 is 126. The Hall–Kier alpha value is -2.96. The second-order valence-corrected chi connectivity index (χ2v) is 8.81. The molecule has 0 fully saturated rings. The Balaban J connectivity index is 2.17. The minimum Gasteiger partial charge on any atom is -0.449 e. The number of nitrogens with zero attached hydrogens (tertiary/aromatic N) is 1. The van der Waals surface area contributed by atoms with E-state index in [2.05, 4.69) is 0 Å². The number of fused-ring (bicyclic) bond motifs is 1. The standard InChI is InChI=1S/C24H23F9N2O2/c1-3-6-37-21(36)35-12(2)7-18(17-11-14(22(25,26)27)4-5-19(17)35)20(34)13-8-15(23(28,29)30)10-16(9-13)24(31,32)33/h4-5,8-12,18,20H,3,6-7,34H2,1-2H3/t12-,18-,20-/m1/s1. The summed E-state index contributed by atoms with van der Waals surface area (Å²) in [7, 11) is 0. The average molecular weight is 542 g/mol. The van der Waals surface area contributed by atoms with Crippen molar-refractivity contribution in [2.45, 2.75) is 63.2 Å². The van der Waals surface area contributed by atoms with Crippen molar-refractivity contribution in [2.75, 3.05) is 11.5 Å². The quantitative estimate of drug-likeness (QED) is 0.404. The van der Waals surface area contributed by atoms with Gasteiger partial charge in [0.15, 0.2) is 0 Å². The summed E-state index contributed by atoms with van der Waals surface area (Å²) in [5, 5.41) is 0. The maximum atomic E-state index is 13.5. The molecular weight excluding hydrogens is 519 g/mol. The van der Waals surface area contributed by atoms with Gasteiger partial charge in [-0.05, 0) is 67.3 Å². The second kappa shape index (κ2) is 10.1. The van der Waals surface area contributed by atoms with Gasteiger partial charge in [-0.3, -0.25) is 4.90 Å². The first-order chi connectivity index (χ1) is 16.9. The maximum Gasteiger partial charge on any atom is 0.416 e. The molecule has 13 heteroatoms. The fraction of sp³-hybridized carbons (Fsp3) is 0.458. The van der Waals surface area contributed by atoms with Crippen molar-refractivity contribution < 1.29 is 49.0 Å². The first-order valence-electron chi connectivity index (χ1n) is 11.2. The van der Waals surface area contributed by atoms with Crippen LogP contribution in [0.2, 0.25) is 0 Å². The Kier molecular flexibility index (Phi) is 7.79. The molecule has 1 aliphatic heterocycles. The van der Waals surface area contributed by atoms with Crippen LogP contribution in [0, 0.1) is 0 Å². The van der Waals surface area contributed by atoms with Gasteiger partial charge in [-0.15, -0.1) is 0 Å². The van der Waals surface area contributed by atoms with E-state index in [9.17, 15) is 44.3 Å². The number of anilines is 1. The van der Waals surface area contributed by atoms with Gasteiger partial charge in [-0.2, -0.15) is 39.5 Å². The molecule has 2 aromatic carbocycles. The summed E-state index contributed by atoms with van der Waals surface area (Å²) in [5.74, 6) is -1.15. The van der Waals surface area contributed by atoms with Gasteiger partial charge in [0.1, 0.15) is 0 Å². The number of rotatable bonds is 4. The molecule has 3 rings (SSSR count). The highest BCUT2D eigenvalue weighted by atomic mass is 19.4. The lowest BCUT2D eigenvalue weighted by Gasteiger charge is -2.41. The zero-order valence-electron chi connectivity index (χ0n) is 19.6. The molecule has 0 aromatic heterocycles. The zero-order valence-corrected chi connectivity index (χ0v) is 19.6. The number of ether oxygens (including phenoxy) is 1. The minimum absolute atomic E-state index is 0.0173. The molecule has 0 saturated carbocycles.